The Morgan fingerprint density at radius 2 is 0.667 bits per heavy atom. The molecule has 9 heteroatoms. The quantitative estimate of drug-likeness (QED) is 0.0195. The zero-order valence-electron chi connectivity index (χ0n) is 53.9. The van der Waals surface area contributed by atoms with Gasteiger partial charge in [0.25, 0.3) is 0 Å². The highest BCUT2D eigenvalue weighted by atomic mass is 16.7. The molecule has 0 aliphatic carbocycles. The maximum Gasteiger partial charge on any atom is 0.306 e. The number of esters is 2. The number of hydrogen-bond donors (Lipinski definition) is 0. The summed E-state index contributed by atoms with van der Waals surface area (Å²) >= 11 is 0. The van der Waals surface area contributed by atoms with Gasteiger partial charge in [0.1, 0.15) is 13.2 Å². The van der Waals surface area contributed by atoms with Crippen molar-refractivity contribution in [3.63, 3.8) is 0 Å². The van der Waals surface area contributed by atoms with E-state index < -0.39 is 24.3 Å². The molecule has 2 atom stereocenters. The molecule has 0 N–H and O–H groups in total. The van der Waals surface area contributed by atoms with Gasteiger partial charge in [-0.2, -0.15) is 0 Å². The maximum absolute atomic E-state index is 12.9. The van der Waals surface area contributed by atoms with Crippen LogP contribution in [0.4, 0.5) is 0 Å². The van der Waals surface area contributed by atoms with E-state index in [9.17, 15) is 19.5 Å². The van der Waals surface area contributed by atoms with Gasteiger partial charge >= 0.3 is 11.9 Å². The third-order valence-corrected chi connectivity index (χ3v) is 15.2. The number of unbranched alkanes of at least 4 members (excludes halogenated alkanes) is 39. The van der Waals surface area contributed by atoms with Crippen molar-refractivity contribution in [2.45, 2.75) is 334 Å². The molecule has 0 saturated carbocycles. The minimum atomic E-state index is -1.62. The van der Waals surface area contributed by atoms with E-state index in [1.54, 1.807) is 0 Å². The third-order valence-electron chi connectivity index (χ3n) is 15.2. The van der Waals surface area contributed by atoms with Gasteiger partial charge in [0.2, 0.25) is 0 Å². The average Bonchev–Trinajstić information content (AvgIpc) is 3.44. The van der Waals surface area contributed by atoms with Gasteiger partial charge in [0, 0.05) is 12.8 Å². The number of carboxylic acids is 1. The minimum absolute atomic E-state index is 0.147. The number of likely N-dealkylation sites (N-methyl/N-ethyl adjacent to an activating group) is 1. The van der Waals surface area contributed by atoms with Crippen LogP contribution in [0.1, 0.15) is 322 Å². The van der Waals surface area contributed by atoms with Crippen LogP contribution in [-0.2, 0) is 33.3 Å². The van der Waals surface area contributed by atoms with Crippen LogP contribution in [0.5, 0.6) is 0 Å². The number of allylic oxidation sites excluding steroid dienone is 10. The van der Waals surface area contributed by atoms with E-state index >= 15 is 0 Å². The summed E-state index contributed by atoms with van der Waals surface area (Å²) in [5.41, 5.74) is 0. The fourth-order valence-electron chi connectivity index (χ4n) is 9.93. The first kappa shape index (κ1) is 78.0. The Morgan fingerprint density at radius 3 is 1.01 bits per heavy atom. The molecule has 0 radical (unpaired) electrons. The van der Waals surface area contributed by atoms with Crippen LogP contribution in [0.25, 0.3) is 0 Å². The van der Waals surface area contributed by atoms with E-state index in [4.69, 9.17) is 18.9 Å². The molecule has 0 aliphatic heterocycles. The van der Waals surface area contributed by atoms with Crippen LogP contribution in [0.3, 0.4) is 0 Å². The Kier molecular flexibility index (Phi) is 60.7. The van der Waals surface area contributed by atoms with Gasteiger partial charge in [-0.05, 0) is 83.5 Å². The van der Waals surface area contributed by atoms with Crippen LogP contribution in [-0.4, -0.2) is 82.3 Å². The smallest absolute Gasteiger partial charge is 0.306 e. The van der Waals surface area contributed by atoms with Gasteiger partial charge in [-0.3, -0.25) is 9.59 Å². The number of aliphatic carboxylic acids is 1. The Labute approximate surface area is 501 Å². The Bertz CT molecular complexity index is 1510. The largest absolute Gasteiger partial charge is 0.545 e. The summed E-state index contributed by atoms with van der Waals surface area (Å²) in [5.74, 6) is -2.28. The van der Waals surface area contributed by atoms with Gasteiger partial charge in [0.05, 0.1) is 40.3 Å². The zero-order valence-corrected chi connectivity index (χ0v) is 53.9. The molecule has 81 heavy (non-hydrogen) atoms. The fourth-order valence-corrected chi connectivity index (χ4v) is 9.93. The average molecular weight is 1140 g/mol. The first-order valence-corrected chi connectivity index (χ1v) is 34.4. The molecule has 9 nitrogen and oxygen atoms in total. The van der Waals surface area contributed by atoms with E-state index in [1.807, 2.05) is 21.1 Å². The topological polar surface area (TPSA) is 111 Å². The normalized spacial score (nSPS) is 13.0. The SMILES string of the molecule is CCCCC/C=C\C/C=C\CCCCCCCCCC(=O)OCC(COC(OCC[N+](C)(C)C)C(=O)[O-])OC(=O)CCCCCCCCCCCCCCCCCCCCCCCCCC/C=C\C/C=C\C/C=C\CCCCCCC. The molecule has 0 fully saturated rings. The summed E-state index contributed by atoms with van der Waals surface area (Å²) in [5, 5.41) is 11.8. The lowest BCUT2D eigenvalue weighted by Crippen LogP contribution is -2.44. The molecule has 0 heterocycles. The minimum Gasteiger partial charge on any atom is -0.545 e. The number of carboxylic acid groups (broad SMARTS) is 1. The molecule has 0 rings (SSSR count). The lowest BCUT2D eigenvalue weighted by Gasteiger charge is -2.26. The van der Waals surface area contributed by atoms with E-state index in [0.717, 1.165) is 64.2 Å². The highest BCUT2D eigenvalue weighted by Gasteiger charge is 2.22. The van der Waals surface area contributed by atoms with Crippen molar-refractivity contribution in [1.29, 1.82) is 0 Å². The molecule has 472 valence electrons. The van der Waals surface area contributed by atoms with Crippen molar-refractivity contribution in [2.24, 2.45) is 0 Å². The fraction of sp³-hybridized carbons (Fsp3) is 0.819. The lowest BCUT2D eigenvalue weighted by molar-refractivity contribution is -0.870. The van der Waals surface area contributed by atoms with Crippen molar-refractivity contribution in [2.75, 3.05) is 47.5 Å². The van der Waals surface area contributed by atoms with Crippen LogP contribution in [0, 0.1) is 0 Å². The molecule has 0 spiro atoms. The van der Waals surface area contributed by atoms with E-state index in [2.05, 4.69) is 74.6 Å². The Hall–Kier alpha value is -3.01. The highest BCUT2D eigenvalue weighted by Crippen LogP contribution is 2.18. The maximum atomic E-state index is 12.9. The van der Waals surface area contributed by atoms with Gasteiger partial charge in [-0.15, -0.1) is 0 Å². The van der Waals surface area contributed by atoms with Crippen molar-refractivity contribution in [1.82, 2.24) is 0 Å². The second kappa shape index (κ2) is 63.0. The number of hydrogen-bond acceptors (Lipinski definition) is 8. The second-order valence-corrected chi connectivity index (χ2v) is 24.5. The predicted octanol–water partition coefficient (Wildman–Crippen LogP) is 19.8. The van der Waals surface area contributed by atoms with E-state index in [1.165, 1.54) is 225 Å². The molecule has 0 aliphatic rings. The number of ether oxygens (including phenoxy) is 4. The first-order valence-electron chi connectivity index (χ1n) is 34.4. The van der Waals surface area contributed by atoms with Gasteiger partial charge in [-0.25, -0.2) is 0 Å². The first-order chi connectivity index (χ1) is 39.6. The summed E-state index contributed by atoms with van der Waals surface area (Å²) in [6, 6.07) is 0. The van der Waals surface area contributed by atoms with E-state index in [-0.39, 0.29) is 38.6 Å². The molecule has 0 aromatic rings. The number of nitrogens with zero attached hydrogens (tertiary/aromatic N) is 1. The molecular weight excluding hydrogens is 1010 g/mol. The van der Waals surface area contributed by atoms with Gasteiger partial charge in [-0.1, -0.05) is 286 Å². The molecule has 0 aromatic heterocycles. The summed E-state index contributed by atoms with van der Waals surface area (Å²) < 4.78 is 22.8. The van der Waals surface area contributed by atoms with Crippen LogP contribution >= 0.6 is 0 Å². The molecule has 0 aromatic carbocycles. The molecule has 0 bridgehead atoms. The summed E-state index contributed by atoms with van der Waals surface area (Å²) in [6.45, 7) is 4.74. The van der Waals surface area contributed by atoms with Crippen molar-refractivity contribution < 1.29 is 42.9 Å². The summed E-state index contributed by atoms with van der Waals surface area (Å²) in [6.07, 6.45) is 78.9. The van der Waals surface area contributed by atoms with Crippen molar-refractivity contribution in [3.05, 3.63) is 60.8 Å². The van der Waals surface area contributed by atoms with Crippen molar-refractivity contribution >= 4 is 17.9 Å². The number of rotatable bonds is 64. The second-order valence-electron chi connectivity index (χ2n) is 24.5. The summed E-state index contributed by atoms with van der Waals surface area (Å²) in [4.78, 5) is 37.4. The van der Waals surface area contributed by atoms with Crippen LogP contribution < -0.4 is 5.11 Å². The Morgan fingerprint density at radius 1 is 0.370 bits per heavy atom. The summed E-state index contributed by atoms with van der Waals surface area (Å²) in [7, 11) is 5.93. The Balaban J connectivity index is 3.98. The zero-order chi connectivity index (χ0) is 59.1. The number of quaternary nitrogens is 1. The third kappa shape index (κ3) is 64.4. The van der Waals surface area contributed by atoms with Crippen LogP contribution in [0.15, 0.2) is 60.8 Å². The van der Waals surface area contributed by atoms with Crippen molar-refractivity contribution in [3.8, 4) is 0 Å². The lowest BCUT2D eigenvalue weighted by atomic mass is 10.0. The highest BCUT2D eigenvalue weighted by molar-refractivity contribution is 5.70. The molecular formula is C72H131NO8. The van der Waals surface area contributed by atoms with E-state index in [0.29, 0.717) is 17.4 Å². The molecule has 2 unspecified atom stereocenters. The number of carbonyl (C=O) groups is 3. The van der Waals surface area contributed by atoms with Crippen LogP contribution in [0.2, 0.25) is 0 Å². The molecule has 0 saturated heterocycles. The monoisotopic (exact) mass is 1140 g/mol. The number of carbonyl (C=O) groups excluding carboxylic acids is 3. The standard InChI is InChI=1S/C72H131NO8/c1-6-8-10-12-14-16-18-20-22-24-25-26-27-28-29-30-31-32-33-34-35-36-37-38-39-40-41-42-43-44-45-47-49-51-53-55-57-59-61-63-70(75)81-68(67-80-72(71(76)77)78-65-64-73(3,4)5)66-79-69(74)62-60-58-56-54-52-50-48-46-23-21-19-17-15-13-11-9-7-2/h15,17-18,20-21,23-25,27-28,68,72H,6-14,16,19,22,26,29-67H2,1-5H3/b17-15-,20-18-,23-21-,25-24-,28-27-. The van der Waals surface area contributed by atoms with Gasteiger partial charge < -0.3 is 33.3 Å². The molecule has 0 amide bonds. The van der Waals surface area contributed by atoms with Gasteiger partial charge in [0.15, 0.2) is 12.4 Å². The predicted molar refractivity (Wildman–Crippen MR) is 343 cm³/mol.